The second-order valence-corrected chi connectivity index (χ2v) is 15.4. The minimum atomic E-state index is -0.310. The molecule has 0 spiro atoms. The van der Waals surface area contributed by atoms with Crippen LogP contribution in [-0.2, 0) is 4.74 Å². The summed E-state index contributed by atoms with van der Waals surface area (Å²) in [6.45, 7) is 18.0. The molecular weight excluding hydrogens is 574 g/mol. The third kappa shape index (κ3) is 17.4. The van der Waals surface area contributed by atoms with Crippen molar-refractivity contribution in [2.24, 2.45) is 21.7 Å². The van der Waals surface area contributed by atoms with Gasteiger partial charge in [-0.15, -0.1) is 0 Å². The van der Waals surface area contributed by atoms with E-state index in [-0.39, 0.29) is 29.0 Å². The fraction of sp³-hybridized carbons (Fsp3) is 0.816. The molecule has 0 saturated heterocycles. The lowest BCUT2D eigenvalue weighted by Gasteiger charge is -2.46. The molecule has 8 heteroatoms. The van der Waals surface area contributed by atoms with Crippen LogP contribution in [0.3, 0.4) is 0 Å². The second kappa shape index (κ2) is 21.4. The van der Waals surface area contributed by atoms with Crippen molar-refractivity contribution in [3.8, 4) is 0 Å². The van der Waals surface area contributed by atoms with Crippen LogP contribution in [0.5, 0.6) is 0 Å². The van der Waals surface area contributed by atoms with Gasteiger partial charge in [-0.05, 0) is 61.9 Å². The molecule has 1 aliphatic heterocycles. The van der Waals surface area contributed by atoms with E-state index >= 15 is 0 Å². The summed E-state index contributed by atoms with van der Waals surface area (Å²) < 4.78 is 5.90. The Kier molecular flexibility index (Phi) is 18.4. The minimum Gasteiger partial charge on any atom is -0.449 e. The van der Waals surface area contributed by atoms with Gasteiger partial charge in [0.15, 0.2) is 0 Å². The highest BCUT2D eigenvalue weighted by atomic mass is 16.5. The lowest BCUT2D eigenvalue weighted by molar-refractivity contribution is 0.0633. The third-order valence-electron chi connectivity index (χ3n) is 9.51. The molecule has 3 amide bonds. The molecular formula is C38H69N5O3. The van der Waals surface area contributed by atoms with E-state index in [1.54, 1.807) is 0 Å². The number of unbranched alkanes of at least 4 members (excludes halogenated alkanes) is 12. The van der Waals surface area contributed by atoms with Gasteiger partial charge < -0.3 is 20.7 Å². The minimum absolute atomic E-state index is 0.00340. The number of nitrogens with zero attached hydrogens (tertiary/aromatic N) is 1. The van der Waals surface area contributed by atoms with Crippen LogP contribution in [0.2, 0.25) is 0 Å². The van der Waals surface area contributed by atoms with E-state index in [0.717, 1.165) is 37.8 Å². The van der Waals surface area contributed by atoms with E-state index in [2.05, 4.69) is 67.5 Å². The summed E-state index contributed by atoms with van der Waals surface area (Å²) in [4.78, 5) is 30.0. The molecule has 1 heterocycles. The number of alkyl carbamates (subject to hydrolysis) is 1. The lowest BCUT2D eigenvalue weighted by atomic mass is 9.62. The summed E-state index contributed by atoms with van der Waals surface area (Å²) in [6, 6.07) is -0.313. The molecule has 2 rings (SSSR count). The number of urea groups is 1. The quantitative estimate of drug-likeness (QED) is 0.0935. The summed E-state index contributed by atoms with van der Waals surface area (Å²) in [5, 5.41) is 12.1. The number of ether oxygens (including phenoxy) is 1. The summed E-state index contributed by atoms with van der Waals surface area (Å²) >= 11 is 0. The van der Waals surface area contributed by atoms with Crippen LogP contribution in [-0.4, -0.2) is 37.3 Å². The summed E-state index contributed by atoms with van der Waals surface area (Å²) in [5.41, 5.74) is 1.32. The zero-order chi connectivity index (χ0) is 33.8. The number of amides is 3. The fourth-order valence-corrected chi connectivity index (χ4v) is 7.54. The summed E-state index contributed by atoms with van der Waals surface area (Å²) in [5.74, 6) is 0.809. The number of nitrogens with one attached hydrogen (secondary N) is 4. The molecule has 4 N–H and O–H groups in total. The normalized spacial score (nSPS) is 21.4. The van der Waals surface area contributed by atoms with Gasteiger partial charge in [0.2, 0.25) is 5.96 Å². The van der Waals surface area contributed by atoms with Crippen molar-refractivity contribution in [3.05, 3.63) is 24.0 Å². The van der Waals surface area contributed by atoms with Crippen LogP contribution in [0.25, 0.3) is 0 Å². The first-order valence-electron chi connectivity index (χ1n) is 18.6. The Bertz CT molecular complexity index is 991. The molecule has 3 unspecified atom stereocenters. The maximum absolute atomic E-state index is 13.1. The van der Waals surface area contributed by atoms with E-state index < -0.39 is 0 Å². The maximum atomic E-state index is 13.1. The topological polar surface area (TPSA) is 104 Å². The standard InChI is InChI=1S/C38H69N5O3/c1-8-10-12-14-16-17-19-21-23-32(22-20-18-15-13-11-9-2)27-46-36(45)42-33-25-37(5,6)28-38(7,26-33)29-39-35(44)43-34-40-30(3)24-31(4)41-34/h24,32-33H,3,8-23,25-29H2,1-2,4-7H3,(H,42,45)(H3,39,40,41,43,44). The van der Waals surface area contributed by atoms with E-state index in [0.29, 0.717) is 30.7 Å². The van der Waals surface area contributed by atoms with E-state index in [9.17, 15) is 9.59 Å². The van der Waals surface area contributed by atoms with Gasteiger partial charge in [-0.2, -0.15) is 0 Å². The molecule has 0 radical (unpaired) electrons. The first-order valence-corrected chi connectivity index (χ1v) is 18.6. The lowest BCUT2D eigenvalue weighted by Crippen LogP contribution is -2.53. The van der Waals surface area contributed by atoms with Crippen LogP contribution in [0.4, 0.5) is 9.59 Å². The molecule has 8 nitrogen and oxygen atoms in total. The molecule has 0 aromatic heterocycles. The van der Waals surface area contributed by atoms with Crippen LogP contribution in [0.1, 0.15) is 164 Å². The highest BCUT2D eigenvalue weighted by Gasteiger charge is 2.42. The second-order valence-electron chi connectivity index (χ2n) is 15.4. The maximum Gasteiger partial charge on any atom is 0.407 e. The van der Waals surface area contributed by atoms with E-state index in [4.69, 9.17) is 4.74 Å². The Morgan fingerprint density at radius 2 is 1.50 bits per heavy atom. The van der Waals surface area contributed by atoms with Crippen molar-refractivity contribution in [2.45, 2.75) is 170 Å². The summed E-state index contributed by atoms with van der Waals surface area (Å²) in [6.07, 6.45) is 24.7. The van der Waals surface area contributed by atoms with Crippen molar-refractivity contribution in [2.75, 3.05) is 13.2 Å². The number of hydrogen-bond acceptors (Lipinski definition) is 5. The molecule has 1 aliphatic carbocycles. The Morgan fingerprint density at radius 1 is 0.935 bits per heavy atom. The smallest absolute Gasteiger partial charge is 0.407 e. The van der Waals surface area contributed by atoms with Gasteiger partial charge in [0, 0.05) is 18.3 Å². The number of aliphatic imine (C=N–C) groups is 1. The zero-order valence-electron chi connectivity index (χ0n) is 30.5. The van der Waals surface area contributed by atoms with Crippen molar-refractivity contribution >= 4 is 18.1 Å². The highest BCUT2D eigenvalue weighted by molar-refractivity contribution is 5.98. The Morgan fingerprint density at radius 3 is 2.07 bits per heavy atom. The van der Waals surface area contributed by atoms with Gasteiger partial charge >= 0.3 is 12.1 Å². The predicted octanol–water partition coefficient (Wildman–Crippen LogP) is 9.87. The SMILES string of the molecule is C=C1C=C(C)NC(NC(=O)NCC2(C)CC(NC(=O)OCC(CCCCCCCC)CCCCCCCCCC)CC(C)(C)C2)=N1. The Labute approximate surface area is 281 Å². The molecule has 2 aliphatic rings. The predicted molar refractivity (Wildman–Crippen MR) is 193 cm³/mol. The van der Waals surface area contributed by atoms with E-state index in [1.165, 1.54) is 89.9 Å². The highest BCUT2D eigenvalue weighted by Crippen LogP contribution is 2.45. The van der Waals surface area contributed by atoms with Crippen LogP contribution in [0.15, 0.2) is 29.0 Å². The number of carbonyl (C=O) groups is 2. The Balaban J connectivity index is 1.82. The van der Waals surface area contributed by atoms with Gasteiger partial charge in [0.25, 0.3) is 0 Å². The van der Waals surface area contributed by atoms with Crippen molar-refractivity contribution in [1.29, 1.82) is 0 Å². The zero-order valence-corrected chi connectivity index (χ0v) is 30.5. The number of guanidine groups is 1. The fourth-order valence-electron chi connectivity index (χ4n) is 7.54. The molecule has 264 valence electrons. The summed E-state index contributed by atoms with van der Waals surface area (Å²) in [7, 11) is 0. The number of rotatable bonds is 21. The first kappa shape index (κ1) is 39.7. The molecule has 1 saturated carbocycles. The van der Waals surface area contributed by atoms with Gasteiger partial charge in [0.1, 0.15) is 0 Å². The van der Waals surface area contributed by atoms with Crippen LogP contribution < -0.4 is 21.3 Å². The van der Waals surface area contributed by atoms with Crippen molar-refractivity contribution < 1.29 is 14.3 Å². The molecule has 3 atom stereocenters. The average molecular weight is 644 g/mol. The van der Waals surface area contributed by atoms with Crippen LogP contribution in [0, 0.1) is 16.7 Å². The van der Waals surface area contributed by atoms with E-state index in [1.807, 2.05) is 13.0 Å². The molecule has 1 fully saturated rings. The van der Waals surface area contributed by atoms with Gasteiger partial charge in [-0.3, -0.25) is 5.32 Å². The van der Waals surface area contributed by atoms with Crippen LogP contribution >= 0.6 is 0 Å². The number of carbonyl (C=O) groups excluding carboxylic acids is 2. The van der Waals surface area contributed by atoms with Crippen molar-refractivity contribution in [1.82, 2.24) is 21.3 Å². The largest absolute Gasteiger partial charge is 0.449 e. The Hall–Kier alpha value is -2.51. The monoisotopic (exact) mass is 644 g/mol. The number of allylic oxidation sites excluding steroid dienone is 2. The molecule has 0 aromatic carbocycles. The van der Waals surface area contributed by atoms with Crippen molar-refractivity contribution in [3.63, 3.8) is 0 Å². The molecule has 0 aromatic rings. The van der Waals surface area contributed by atoms with Gasteiger partial charge in [-0.25, -0.2) is 14.6 Å². The first-order chi connectivity index (χ1) is 21.9. The molecule has 46 heavy (non-hydrogen) atoms. The number of hydrogen-bond donors (Lipinski definition) is 4. The van der Waals surface area contributed by atoms with Gasteiger partial charge in [-0.1, -0.05) is 131 Å². The van der Waals surface area contributed by atoms with Gasteiger partial charge in [0.05, 0.1) is 12.3 Å². The third-order valence-corrected chi connectivity index (χ3v) is 9.51. The molecule has 0 bridgehead atoms. The average Bonchev–Trinajstić information content (AvgIpc) is 2.96.